The molecule has 0 heterocycles. The molecule has 1 aliphatic rings. The van der Waals surface area contributed by atoms with Crippen LogP contribution in [0.4, 0.5) is 0 Å². The molecule has 0 spiro atoms. The molecule has 2 atom stereocenters. The van der Waals surface area contributed by atoms with Gasteiger partial charge in [0.25, 0.3) is 0 Å². The van der Waals surface area contributed by atoms with Crippen molar-refractivity contribution in [1.29, 1.82) is 0 Å². The predicted molar refractivity (Wildman–Crippen MR) is 56.3 cm³/mol. The highest BCUT2D eigenvalue weighted by molar-refractivity contribution is 7.91. The number of sulfone groups is 1. The molecule has 1 aliphatic carbocycles. The number of ether oxygens (including phenoxy) is 1. The Kier molecular flexibility index (Phi) is 4.10. The van der Waals surface area contributed by atoms with Crippen LogP contribution in [0.5, 0.6) is 0 Å². The number of carbonyl (C=O) groups is 1. The maximum atomic E-state index is 11.4. The van der Waals surface area contributed by atoms with E-state index < -0.39 is 9.84 Å². The van der Waals surface area contributed by atoms with Crippen molar-refractivity contribution in [3.05, 3.63) is 0 Å². The Bertz CT molecular complexity index is 325. The molecule has 88 valence electrons. The van der Waals surface area contributed by atoms with E-state index >= 15 is 0 Å². The summed E-state index contributed by atoms with van der Waals surface area (Å²) in [5.41, 5.74) is 0. The topological polar surface area (TPSA) is 72.5 Å². The molecule has 0 bridgehead atoms. The molecular weight excluding hydrogens is 218 g/mol. The second kappa shape index (κ2) is 4.94. The fourth-order valence-electron chi connectivity index (χ4n) is 1.96. The molecule has 0 radical (unpaired) electrons. The quantitative estimate of drug-likeness (QED) is 0.678. The zero-order valence-electron chi connectivity index (χ0n) is 9.02. The van der Waals surface area contributed by atoms with Crippen LogP contribution in [0.15, 0.2) is 0 Å². The average molecular weight is 235 g/mol. The van der Waals surface area contributed by atoms with Crippen LogP contribution in [0, 0.1) is 0 Å². The van der Waals surface area contributed by atoms with Gasteiger partial charge in [0.05, 0.1) is 18.9 Å². The summed E-state index contributed by atoms with van der Waals surface area (Å²) in [6.45, 7) is 0.0766. The lowest BCUT2D eigenvalue weighted by Crippen LogP contribution is -2.42. The first-order chi connectivity index (χ1) is 6.95. The highest BCUT2D eigenvalue weighted by Crippen LogP contribution is 2.24. The van der Waals surface area contributed by atoms with Gasteiger partial charge >= 0.3 is 5.97 Å². The molecule has 0 aromatic heterocycles. The molecule has 1 N–H and O–H groups in total. The van der Waals surface area contributed by atoms with Crippen molar-refractivity contribution in [2.75, 3.05) is 19.9 Å². The van der Waals surface area contributed by atoms with Gasteiger partial charge in [-0.05, 0) is 12.8 Å². The first kappa shape index (κ1) is 12.4. The molecular formula is C9H17NO4S. The van der Waals surface area contributed by atoms with Gasteiger partial charge in [-0.1, -0.05) is 6.42 Å². The summed E-state index contributed by atoms with van der Waals surface area (Å²) in [6.07, 6.45) is 3.61. The van der Waals surface area contributed by atoms with E-state index in [1.807, 2.05) is 0 Å². The third kappa shape index (κ3) is 3.46. The third-order valence-electron chi connectivity index (χ3n) is 2.74. The predicted octanol–water partition coefficient (Wildman–Crippen LogP) is -0.285. The largest absolute Gasteiger partial charge is 0.468 e. The maximum absolute atomic E-state index is 11.4. The molecule has 1 fully saturated rings. The summed E-state index contributed by atoms with van der Waals surface area (Å²) < 4.78 is 27.3. The van der Waals surface area contributed by atoms with Gasteiger partial charge < -0.3 is 10.1 Å². The highest BCUT2D eigenvalue weighted by Gasteiger charge is 2.34. The fourth-order valence-corrected chi connectivity index (χ4v) is 3.38. The van der Waals surface area contributed by atoms with E-state index in [9.17, 15) is 13.2 Å². The Morgan fingerprint density at radius 1 is 1.47 bits per heavy atom. The standard InChI is InChI=1S/C9H17NO4S/c1-14-9(11)6-10-7-4-3-5-8(7)15(2,12)13/h7-8,10H,3-6H2,1-2H3. The first-order valence-corrected chi connectivity index (χ1v) is 6.89. The van der Waals surface area contributed by atoms with Crippen molar-refractivity contribution in [1.82, 2.24) is 5.32 Å². The lowest BCUT2D eigenvalue weighted by atomic mass is 10.2. The van der Waals surface area contributed by atoms with Crippen molar-refractivity contribution in [3.63, 3.8) is 0 Å². The van der Waals surface area contributed by atoms with E-state index in [4.69, 9.17) is 0 Å². The average Bonchev–Trinajstić information content (AvgIpc) is 2.61. The van der Waals surface area contributed by atoms with E-state index in [2.05, 4.69) is 10.1 Å². The number of methoxy groups -OCH3 is 1. The Hall–Kier alpha value is -0.620. The summed E-state index contributed by atoms with van der Waals surface area (Å²) in [6, 6.07) is -0.112. The Morgan fingerprint density at radius 3 is 2.67 bits per heavy atom. The minimum Gasteiger partial charge on any atom is -0.468 e. The maximum Gasteiger partial charge on any atom is 0.319 e. The second-order valence-corrected chi connectivity index (χ2v) is 6.13. The lowest BCUT2D eigenvalue weighted by molar-refractivity contribution is -0.139. The van der Waals surface area contributed by atoms with Crippen LogP contribution in [-0.4, -0.2) is 45.6 Å². The van der Waals surface area contributed by atoms with E-state index in [0.29, 0.717) is 6.42 Å². The van der Waals surface area contributed by atoms with Crippen molar-refractivity contribution in [3.8, 4) is 0 Å². The summed E-state index contributed by atoms with van der Waals surface area (Å²) in [5.74, 6) is -0.367. The van der Waals surface area contributed by atoms with Gasteiger partial charge in [-0.3, -0.25) is 4.79 Å². The van der Waals surface area contributed by atoms with E-state index in [0.717, 1.165) is 12.8 Å². The van der Waals surface area contributed by atoms with Gasteiger partial charge in [0, 0.05) is 12.3 Å². The summed E-state index contributed by atoms with van der Waals surface area (Å²) in [5, 5.41) is 2.58. The van der Waals surface area contributed by atoms with Crippen LogP contribution in [0.25, 0.3) is 0 Å². The second-order valence-electron chi connectivity index (χ2n) is 3.86. The molecule has 1 saturated carbocycles. The molecule has 2 unspecified atom stereocenters. The zero-order valence-corrected chi connectivity index (χ0v) is 9.84. The van der Waals surface area contributed by atoms with Gasteiger partial charge in [0.2, 0.25) is 0 Å². The van der Waals surface area contributed by atoms with Gasteiger partial charge in [0.15, 0.2) is 9.84 Å². The Balaban J connectivity index is 2.51. The van der Waals surface area contributed by atoms with Gasteiger partial charge in [-0.15, -0.1) is 0 Å². The first-order valence-electron chi connectivity index (χ1n) is 4.94. The molecule has 1 rings (SSSR count). The van der Waals surface area contributed by atoms with Crippen molar-refractivity contribution < 1.29 is 17.9 Å². The van der Waals surface area contributed by atoms with Crippen LogP contribution >= 0.6 is 0 Å². The monoisotopic (exact) mass is 235 g/mol. The highest BCUT2D eigenvalue weighted by atomic mass is 32.2. The lowest BCUT2D eigenvalue weighted by Gasteiger charge is -2.18. The van der Waals surface area contributed by atoms with Crippen LogP contribution in [-0.2, 0) is 19.4 Å². The van der Waals surface area contributed by atoms with Gasteiger partial charge in [-0.2, -0.15) is 0 Å². The van der Waals surface area contributed by atoms with Gasteiger partial charge in [-0.25, -0.2) is 8.42 Å². The fraction of sp³-hybridized carbons (Fsp3) is 0.889. The van der Waals surface area contributed by atoms with Crippen LogP contribution in [0.2, 0.25) is 0 Å². The summed E-state index contributed by atoms with van der Waals surface area (Å²) in [4.78, 5) is 10.9. The number of hydrogen-bond acceptors (Lipinski definition) is 5. The van der Waals surface area contributed by atoms with E-state index in [-0.39, 0.29) is 23.8 Å². The van der Waals surface area contributed by atoms with Crippen molar-refractivity contribution in [2.24, 2.45) is 0 Å². The minimum absolute atomic E-state index is 0.0766. The normalized spacial score (nSPS) is 26.5. The third-order valence-corrected chi connectivity index (χ3v) is 4.40. The number of carbonyl (C=O) groups excluding carboxylic acids is 1. The molecule has 0 saturated heterocycles. The molecule has 0 aliphatic heterocycles. The summed E-state index contributed by atoms with van der Waals surface area (Å²) >= 11 is 0. The van der Waals surface area contributed by atoms with Crippen LogP contribution < -0.4 is 5.32 Å². The van der Waals surface area contributed by atoms with Crippen molar-refractivity contribution >= 4 is 15.8 Å². The number of hydrogen-bond donors (Lipinski definition) is 1. The molecule has 0 aromatic carbocycles. The number of rotatable bonds is 4. The van der Waals surface area contributed by atoms with E-state index in [1.165, 1.54) is 13.4 Å². The molecule has 0 amide bonds. The smallest absolute Gasteiger partial charge is 0.319 e. The van der Waals surface area contributed by atoms with Crippen molar-refractivity contribution in [2.45, 2.75) is 30.6 Å². The zero-order chi connectivity index (χ0) is 11.5. The summed E-state index contributed by atoms with van der Waals surface area (Å²) in [7, 11) is -1.71. The van der Waals surface area contributed by atoms with E-state index in [1.54, 1.807) is 0 Å². The number of esters is 1. The Labute approximate surface area is 90.1 Å². The number of nitrogens with one attached hydrogen (secondary N) is 1. The molecule has 5 nitrogen and oxygen atoms in total. The molecule has 6 heteroatoms. The minimum atomic E-state index is -3.02. The van der Waals surface area contributed by atoms with Crippen LogP contribution in [0.1, 0.15) is 19.3 Å². The SMILES string of the molecule is COC(=O)CNC1CCCC1S(C)(=O)=O. The Morgan fingerprint density at radius 2 is 2.13 bits per heavy atom. The van der Waals surface area contributed by atoms with Gasteiger partial charge in [0.1, 0.15) is 0 Å². The van der Waals surface area contributed by atoms with Crippen LogP contribution in [0.3, 0.4) is 0 Å². The molecule has 0 aromatic rings. The molecule has 15 heavy (non-hydrogen) atoms.